The average Bonchev–Trinajstić information content (AvgIpc) is 3.04. The fraction of sp³-hybridized carbons (Fsp3) is 0.643. The average molecular weight is 266 g/mol. The van der Waals surface area contributed by atoms with Gasteiger partial charge < -0.3 is 11.1 Å². The van der Waals surface area contributed by atoms with Gasteiger partial charge in [-0.05, 0) is 51.7 Å². The molecule has 1 aliphatic carbocycles. The number of carbonyl (C=O) groups is 1. The van der Waals surface area contributed by atoms with E-state index in [9.17, 15) is 4.79 Å². The Morgan fingerprint density at radius 2 is 2.28 bits per heavy atom. The van der Waals surface area contributed by atoms with Crippen LogP contribution in [0.5, 0.6) is 0 Å². The highest BCUT2D eigenvalue weighted by molar-refractivity contribution is 7.11. The van der Waals surface area contributed by atoms with E-state index in [2.05, 4.69) is 24.4 Å². The molecule has 0 aromatic carbocycles. The van der Waals surface area contributed by atoms with Crippen molar-refractivity contribution in [3.63, 3.8) is 0 Å². The third kappa shape index (κ3) is 3.12. The van der Waals surface area contributed by atoms with Gasteiger partial charge in [0.05, 0.1) is 5.54 Å². The van der Waals surface area contributed by atoms with Crippen molar-refractivity contribution in [1.29, 1.82) is 0 Å². The van der Waals surface area contributed by atoms with Crippen molar-refractivity contribution in [2.45, 2.75) is 51.6 Å². The third-order valence-electron chi connectivity index (χ3n) is 3.60. The number of hydrogen-bond donors (Lipinski definition) is 2. The number of rotatable bonds is 5. The second-order valence-electron chi connectivity index (χ2n) is 5.65. The van der Waals surface area contributed by atoms with Gasteiger partial charge in [-0.25, -0.2) is 0 Å². The van der Waals surface area contributed by atoms with E-state index in [0.29, 0.717) is 5.92 Å². The van der Waals surface area contributed by atoms with Gasteiger partial charge in [0.15, 0.2) is 0 Å². The van der Waals surface area contributed by atoms with Gasteiger partial charge in [0.25, 0.3) is 0 Å². The summed E-state index contributed by atoms with van der Waals surface area (Å²) in [7, 11) is 0. The lowest BCUT2D eigenvalue weighted by atomic mass is 9.95. The van der Waals surface area contributed by atoms with Crippen LogP contribution in [0.25, 0.3) is 0 Å². The third-order valence-corrected chi connectivity index (χ3v) is 4.62. The van der Waals surface area contributed by atoms with Gasteiger partial charge in [0.2, 0.25) is 5.91 Å². The molecule has 1 aromatic heterocycles. The standard InChI is InChI=1S/C14H22N2OS/c1-9(8-12-7-4-10(2)18-12)16-13(17)14(3,15)11-5-6-11/h4,7,9,11H,5-6,8,15H2,1-3H3,(H,16,17). The van der Waals surface area contributed by atoms with Crippen molar-refractivity contribution in [3.8, 4) is 0 Å². The molecule has 18 heavy (non-hydrogen) atoms. The fourth-order valence-electron chi connectivity index (χ4n) is 2.20. The number of amides is 1. The maximum atomic E-state index is 12.1. The number of nitrogens with two attached hydrogens (primary N) is 1. The first-order valence-corrected chi connectivity index (χ1v) is 7.36. The Kier molecular flexibility index (Phi) is 3.78. The molecule has 1 aliphatic rings. The Bertz CT molecular complexity index is 435. The van der Waals surface area contributed by atoms with Gasteiger partial charge in [-0.3, -0.25) is 4.79 Å². The molecule has 4 heteroatoms. The van der Waals surface area contributed by atoms with E-state index < -0.39 is 5.54 Å². The molecule has 0 radical (unpaired) electrons. The van der Waals surface area contributed by atoms with Crippen LogP contribution in [-0.4, -0.2) is 17.5 Å². The second kappa shape index (κ2) is 5.02. The predicted octanol–water partition coefficient (Wildman–Crippen LogP) is 2.23. The van der Waals surface area contributed by atoms with Gasteiger partial charge in [0.1, 0.15) is 0 Å². The molecule has 2 rings (SSSR count). The largest absolute Gasteiger partial charge is 0.352 e. The monoisotopic (exact) mass is 266 g/mol. The molecule has 0 spiro atoms. The molecule has 1 amide bonds. The minimum atomic E-state index is -0.695. The number of carbonyl (C=O) groups excluding carboxylic acids is 1. The summed E-state index contributed by atoms with van der Waals surface area (Å²) in [6.45, 7) is 5.99. The van der Waals surface area contributed by atoms with E-state index in [1.807, 2.05) is 13.8 Å². The van der Waals surface area contributed by atoms with E-state index in [0.717, 1.165) is 19.3 Å². The first-order valence-electron chi connectivity index (χ1n) is 6.54. The zero-order chi connectivity index (χ0) is 13.3. The summed E-state index contributed by atoms with van der Waals surface area (Å²) in [5.41, 5.74) is 5.41. The van der Waals surface area contributed by atoms with Crippen LogP contribution in [0.4, 0.5) is 0 Å². The van der Waals surface area contributed by atoms with Crippen LogP contribution >= 0.6 is 11.3 Å². The van der Waals surface area contributed by atoms with Crippen LogP contribution in [0.2, 0.25) is 0 Å². The van der Waals surface area contributed by atoms with Crippen molar-refractivity contribution >= 4 is 17.2 Å². The maximum Gasteiger partial charge on any atom is 0.240 e. The van der Waals surface area contributed by atoms with Crippen molar-refractivity contribution in [2.75, 3.05) is 0 Å². The first kappa shape index (κ1) is 13.6. The van der Waals surface area contributed by atoms with Crippen LogP contribution in [0.3, 0.4) is 0 Å². The number of hydrogen-bond acceptors (Lipinski definition) is 3. The molecular weight excluding hydrogens is 244 g/mol. The van der Waals surface area contributed by atoms with E-state index in [1.54, 1.807) is 11.3 Å². The van der Waals surface area contributed by atoms with Gasteiger partial charge in [-0.15, -0.1) is 11.3 Å². The SMILES string of the molecule is Cc1ccc(CC(C)NC(=O)C(C)(N)C2CC2)s1. The second-order valence-corrected chi connectivity index (χ2v) is 7.02. The van der Waals surface area contributed by atoms with Gasteiger partial charge in [-0.2, -0.15) is 0 Å². The summed E-state index contributed by atoms with van der Waals surface area (Å²) >= 11 is 1.79. The van der Waals surface area contributed by atoms with Crippen LogP contribution in [0.15, 0.2) is 12.1 Å². The van der Waals surface area contributed by atoms with E-state index in [1.165, 1.54) is 9.75 Å². The maximum absolute atomic E-state index is 12.1. The molecule has 0 aliphatic heterocycles. The molecule has 0 bridgehead atoms. The molecule has 1 heterocycles. The van der Waals surface area contributed by atoms with Crippen LogP contribution in [-0.2, 0) is 11.2 Å². The summed E-state index contributed by atoms with van der Waals surface area (Å²) < 4.78 is 0. The van der Waals surface area contributed by atoms with Crippen LogP contribution < -0.4 is 11.1 Å². The Morgan fingerprint density at radius 1 is 1.61 bits per heavy atom. The topological polar surface area (TPSA) is 55.1 Å². The first-order chi connectivity index (χ1) is 8.39. The molecule has 2 unspecified atom stereocenters. The predicted molar refractivity (Wildman–Crippen MR) is 75.7 cm³/mol. The molecule has 1 saturated carbocycles. The summed E-state index contributed by atoms with van der Waals surface area (Å²) in [6.07, 6.45) is 3.04. The number of aryl methyl sites for hydroxylation is 1. The fourth-order valence-corrected chi connectivity index (χ4v) is 3.21. The lowest BCUT2D eigenvalue weighted by Gasteiger charge is -2.25. The van der Waals surface area contributed by atoms with Crippen LogP contribution in [0.1, 0.15) is 36.4 Å². The molecule has 1 aromatic rings. The molecule has 0 saturated heterocycles. The highest BCUT2D eigenvalue weighted by Crippen LogP contribution is 2.38. The van der Waals surface area contributed by atoms with Crippen LogP contribution in [0, 0.1) is 12.8 Å². The molecule has 3 N–H and O–H groups in total. The van der Waals surface area contributed by atoms with Crippen molar-refractivity contribution in [3.05, 3.63) is 21.9 Å². The lowest BCUT2D eigenvalue weighted by molar-refractivity contribution is -0.127. The van der Waals surface area contributed by atoms with Gasteiger partial charge >= 0.3 is 0 Å². The Balaban J connectivity index is 1.87. The highest BCUT2D eigenvalue weighted by Gasteiger charge is 2.44. The Labute approximate surface area is 113 Å². The highest BCUT2D eigenvalue weighted by atomic mass is 32.1. The smallest absolute Gasteiger partial charge is 0.240 e. The van der Waals surface area contributed by atoms with Crippen molar-refractivity contribution in [1.82, 2.24) is 5.32 Å². The van der Waals surface area contributed by atoms with E-state index in [-0.39, 0.29) is 11.9 Å². The van der Waals surface area contributed by atoms with E-state index in [4.69, 9.17) is 5.73 Å². The molecular formula is C14H22N2OS. The normalized spacial score (nSPS) is 20.2. The Hall–Kier alpha value is -0.870. The number of nitrogens with one attached hydrogen (secondary N) is 1. The van der Waals surface area contributed by atoms with E-state index >= 15 is 0 Å². The molecule has 1 fully saturated rings. The molecule has 3 nitrogen and oxygen atoms in total. The van der Waals surface area contributed by atoms with Crippen molar-refractivity contribution in [2.24, 2.45) is 11.7 Å². The summed E-state index contributed by atoms with van der Waals surface area (Å²) in [4.78, 5) is 14.7. The molecule has 100 valence electrons. The summed E-state index contributed by atoms with van der Waals surface area (Å²) in [6, 6.07) is 4.38. The minimum absolute atomic E-state index is 0.00854. The zero-order valence-corrected chi connectivity index (χ0v) is 12.1. The van der Waals surface area contributed by atoms with Gasteiger partial charge in [0, 0.05) is 22.2 Å². The minimum Gasteiger partial charge on any atom is -0.352 e. The summed E-state index contributed by atoms with van der Waals surface area (Å²) in [5, 5.41) is 3.04. The van der Waals surface area contributed by atoms with Gasteiger partial charge in [-0.1, -0.05) is 0 Å². The quantitative estimate of drug-likeness (QED) is 0.858. The lowest BCUT2D eigenvalue weighted by Crippen LogP contribution is -2.55. The zero-order valence-electron chi connectivity index (χ0n) is 11.3. The van der Waals surface area contributed by atoms with Crippen molar-refractivity contribution < 1.29 is 4.79 Å². The Morgan fingerprint density at radius 3 is 2.78 bits per heavy atom. The summed E-state index contributed by atoms with van der Waals surface area (Å²) in [5.74, 6) is 0.361. The number of thiophene rings is 1. The molecule has 2 atom stereocenters.